The number of rotatable bonds is 5. The van der Waals surface area contributed by atoms with Crippen LogP contribution in [0.3, 0.4) is 0 Å². The normalized spacial score (nSPS) is 13.9. The number of nitrogens with one attached hydrogen (secondary N) is 1. The van der Waals surface area contributed by atoms with E-state index in [-0.39, 0.29) is 21.3 Å². The number of carbonyl (C=O) groups is 2. The first-order valence-electron chi connectivity index (χ1n) is 9.19. The molecular weight excluding hydrogens is 458 g/mol. The van der Waals surface area contributed by atoms with Crippen molar-refractivity contribution in [1.29, 1.82) is 0 Å². The molecule has 1 heterocycles. The largest absolute Gasteiger partial charge is 0.350 e. The quantitative estimate of drug-likeness (QED) is 0.434. The van der Waals surface area contributed by atoms with E-state index in [0.717, 1.165) is 33.2 Å². The Morgan fingerprint density at radius 2 is 1.65 bits per heavy atom. The summed E-state index contributed by atoms with van der Waals surface area (Å²) in [4.78, 5) is 28.5. The number of anilines is 2. The molecule has 0 radical (unpaired) electrons. The van der Waals surface area contributed by atoms with E-state index in [4.69, 9.17) is 23.2 Å². The van der Waals surface area contributed by atoms with Gasteiger partial charge >= 0.3 is 0 Å². The molecule has 1 N–H and O–H groups in total. The van der Waals surface area contributed by atoms with Crippen molar-refractivity contribution in [3.8, 4) is 0 Å². The van der Waals surface area contributed by atoms with E-state index in [1.807, 2.05) is 31.2 Å². The maximum atomic E-state index is 13.6. The summed E-state index contributed by atoms with van der Waals surface area (Å²) in [5.41, 5.74) is 1.94. The fraction of sp³-hybridized carbons (Fsp3) is 0.0435. The number of hydrogen-bond acceptors (Lipinski definition) is 4. The Labute approximate surface area is 192 Å². The topological polar surface area (TPSA) is 49.4 Å². The monoisotopic (exact) mass is 472 g/mol. The molecule has 31 heavy (non-hydrogen) atoms. The van der Waals surface area contributed by atoms with Crippen molar-refractivity contribution >= 4 is 58.2 Å². The van der Waals surface area contributed by atoms with E-state index in [9.17, 15) is 14.0 Å². The van der Waals surface area contributed by atoms with Gasteiger partial charge in [0.05, 0.1) is 10.7 Å². The first kappa shape index (κ1) is 21.4. The molecule has 156 valence electrons. The van der Waals surface area contributed by atoms with E-state index < -0.39 is 17.6 Å². The van der Waals surface area contributed by atoms with Crippen molar-refractivity contribution in [3.63, 3.8) is 0 Å². The number of amides is 2. The highest BCUT2D eigenvalue weighted by Crippen LogP contribution is 2.39. The molecule has 8 heteroatoms. The third kappa shape index (κ3) is 4.32. The first-order valence-corrected chi connectivity index (χ1v) is 10.8. The van der Waals surface area contributed by atoms with Gasteiger partial charge in [-0.15, -0.1) is 0 Å². The summed E-state index contributed by atoms with van der Waals surface area (Å²) in [6.45, 7) is 1.90. The fourth-order valence-corrected chi connectivity index (χ4v) is 4.27. The molecule has 0 spiro atoms. The van der Waals surface area contributed by atoms with E-state index in [0.29, 0.717) is 10.7 Å². The lowest BCUT2D eigenvalue weighted by atomic mass is 10.2. The lowest BCUT2D eigenvalue weighted by Gasteiger charge is -2.16. The Kier molecular flexibility index (Phi) is 6.05. The molecule has 0 fully saturated rings. The molecule has 0 saturated carbocycles. The minimum absolute atomic E-state index is 0.139. The molecule has 0 aliphatic carbocycles. The molecule has 0 atom stereocenters. The third-order valence-corrected chi connectivity index (χ3v) is 6.27. The van der Waals surface area contributed by atoms with Gasteiger partial charge in [-0.1, -0.05) is 53.2 Å². The van der Waals surface area contributed by atoms with Gasteiger partial charge in [-0.25, -0.2) is 9.29 Å². The molecule has 0 aromatic heterocycles. The van der Waals surface area contributed by atoms with Gasteiger partial charge < -0.3 is 5.32 Å². The maximum absolute atomic E-state index is 13.6. The zero-order valence-corrected chi connectivity index (χ0v) is 18.5. The second kappa shape index (κ2) is 8.75. The molecule has 4 nitrogen and oxygen atoms in total. The summed E-state index contributed by atoms with van der Waals surface area (Å²) in [5.74, 6) is -1.71. The summed E-state index contributed by atoms with van der Waals surface area (Å²) >= 11 is 13.0. The van der Waals surface area contributed by atoms with Crippen molar-refractivity contribution < 1.29 is 14.0 Å². The van der Waals surface area contributed by atoms with Gasteiger partial charge in [0.2, 0.25) is 0 Å². The molecular formula is C23H15Cl2FN2O2S. The fourth-order valence-electron chi connectivity index (χ4n) is 3.04. The van der Waals surface area contributed by atoms with E-state index >= 15 is 0 Å². The standard InChI is InChI=1S/C23H15Cl2FN2O2S/c1-13-4-2-3-5-19(13)27-20-21(31-16-9-6-14(24)7-10-16)23(30)28(22(20)29)15-8-11-18(26)17(25)12-15/h2-12,27H,1H3. The molecule has 1 aliphatic rings. The highest BCUT2D eigenvalue weighted by atomic mass is 35.5. The zero-order chi connectivity index (χ0) is 22.1. The summed E-state index contributed by atoms with van der Waals surface area (Å²) in [6.07, 6.45) is 0. The van der Waals surface area contributed by atoms with Crippen molar-refractivity contribution in [2.24, 2.45) is 0 Å². The number of imide groups is 1. The van der Waals surface area contributed by atoms with Crippen molar-refractivity contribution in [3.05, 3.63) is 98.8 Å². The summed E-state index contributed by atoms with van der Waals surface area (Å²) in [6, 6.07) is 18.1. The van der Waals surface area contributed by atoms with Crippen molar-refractivity contribution in [2.45, 2.75) is 11.8 Å². The number of aryl methyl sites for hydroxylation is 1. The average molecular weight is 473 g/mol. The number of halogens is 3. The van der Waals surface area contributed by atoms with Crippen LogP contribution in [0.2, 0.25) is 10.0 Å². The molecule has 4 rings (SSSR count). The van der Waals surface area contributed by atoms with Crippen LogP contribution in [0.15, 0.2) is 82.2 Å². The number of carbonyl (C=O) groups excluding carboxylic acids is 2. The molecule has 3 aromatic carbocycles. The number of para-hydroxylation sites is 1. The van der Waals surface area contributed by atoms with Gasteiger partial charge in [0.25, 0.3) is 11.8 Å². The summed E-state index contributed by atoms with van der Waals surface area (Å²) in [7, 11) is 0. The van der Waals surface area contributed by atoms with E-state index in [2.05, 4.69) is 5.32 Å². The SMILES string of the molecule is Cc1ccccc1NC1=C(Sc2ccc(Cl)cc2)C(=O)N(c2ccc(F)c(Cl)c2)C1=O. The van der Waals surface area contributed by atoms with Crippen molar-refractivity contribution in [1.82, 2.24) is 0 Å². The predicted molar refractivity (Wildman–Crippen MR) is 123 cm³/mol. The Bertz CT molecular complexity index is 1230. The van der Waals surface area contributed by atoms with Crippen LogP contribution in [-0.4, -0.2) is 11.8 Å². The lowest BCUT2D eigenvalue weighted by molar-refractivity contribution is -0.120. The maximum Gasteiger partial charge on any atom is 0.283 e. The van der Waals surface area contributed by atoms with Gasteiger partial charge in [0, 0.05) is 15.6 Å². The van der Waals surface area contributed by atoms with Gasteiger partial charge in [0.1, 0.15) is 16.4 Å². The summed E-state index contributed by atoms with van der Waals surface area (Å²) < 4.78 is 13.6. The van der Waals surface area contributed by atoms with Gasteiger partial charge in [-0.2, -0.15) is 0 Å². The highest BCUT2D eigenvalue weighted by Gasteiger charge is 2.40. The second-order valence-electron chi connectivity index (χ2n) is 6.74. The Morgan fingerprint density at radius 3 is 2.32 bits per heavy atom. The second-order valence-corrected chi connectivity index (χ2v) is 8.67. The Balaban J connectivity index is 1.77. The number of hydrogen-bond donors (Lipinski definition) is 1. The third-order valence-electron chi connectivity index (χ3n) is 4.64. The Morgan fingerprint density at radius 1 is 0.935 bits per heavy atom. The summed E-state index contributed by atoms with van der Waals surface area (Å²) in [5, 5.41) is 3.50. The van der Waals surface area contributed by atoms with Crippen LogP contribution >= 0.6 is 35.0 Å². The van der Waals surface area contributed by atoms with Gasteiger partial charge in [-0.05, 0) is 61.0 Å². The average Bonchev–Trinajstić information content (AvgIpc) is 2.97. The molecule has 1 aliphatic heterocycles. The van der Waals surface area contributed by atoms with Crippen molar-refractivity contribution in [2.75, 3.05) is 10.2 Å². The van der Waals surface area contributed by atoms with Crippen LogP contribution in [0.25, 0.3) is 0 Å². The van der Waals surface area contributed by atoms with Crippen LogP contribution in [0.1, 0.15) is 5.56 Å². The van der Waals surface area contributed by atoms with E-state index in [1.165, 1.54) is 12.1 Å². The van der Waals surface area contributed by atoms with Crippen LogP contribution in [0, 0.1) is 12.7 Å². The number of benzene rings is 3. The molecule has 0 bridgehead atoms. The number of thioether (sulfide) groups is 1. The minimum Gasteiger partial charge on any atom is -0.350 e. The lowest BCUT2D eigenvalue weighted by Crippen LogP contribution is -2.32. The Hall–Kier alpha value is -2.80. The first-order chi connectivity index (χ1) is 14.8. The van der Waals surface area contributed by atoms with Gasteiger partial charge in [-0.3, -0.25) is 9.59 Å². The smallest absolute Gasteiger partial charge is 0.283 e. The highest BCUT2D eigenvalue weighted by molar-refractivity contribution is 8.04. The molecule has 0 unspecified atom stereocenters. The number of nitrogens with zero attached hydrogens (tertiary/aromatic N) is 1. The minimum atomic E-state index is -0.633. The molecule has 3 aromatic rings. The predicted octanol–water partition coefficient (Wildman–Crippen LogP) is 6.43. The van der Waals surface area contributed by atoms with Crippen LogP contribution in [-0.2, 0) is 9.59 Å². The van der Waals surface area contributed by atoms with Crippen LogP contribution < -0.4 is 10.2 Å². The molecule has 2 amide bonds. The zero-order valence-electron chi connectivity index (χ0n) is 16.2. The van der Waals surface area contributed by atoms with Gasteiger partial charge in [0.15, 0.2) is 0 Å². The van der Waals surface area contributed by atoms with Crippen LogP contribution in [0.4, 0.5) is 15.8 Å². The molecule has 0 saturated heterocycles. The van der Waals surface area contributed by atoms with Crippen LogP contribution in [0.5, 0.6) is 0 Å². The van der Waals surface area contributed by atoms with E-state index in [1.54, 1.807) is 24.3 Å².